The molecule has 2 aromatic carbocycles. The SMILES string of the molecule is CC(=O)Nc1ccc(NC(=O)C(=O)N/N=C(\C)c2ccccc2OC(=O)c2ccco2)cc1. The maximum Gasteiger partial charge on any atom is 0.379 e. The minimum Gasteiger partial charge on any atom is -0.457 e. The first-order valence-corrected chi connectivity index (χ1v) is 9.72. The second-order valence-electron chi connectivity index (χ2n) is 6.71. The first-order chi connectivity index (χ1) is 15.8. The third-order valence-corrected chi connectivity index (χ3v) is 4.20. The fourth-order valence-electron chi connectivity index (χ4n) is 2.67. The summed E-state index contributed by atoms with van der Waals surface area (Å²) >= 11 is 0. The van der Waals surface area contributed by atoms with Gasteiger partial charge in [-0.15, -0.1) is 0 Å². The molecule has 10 heteroatoms. The van der Waals surface area contributed by atoms with Gasteiger partial charge in [0.05, 0.1) is 12.0 Å². The van der Waals surface area contributed by atoms with Gasteiger partial charge in [0.15, 0.2) is 0 Å². The Hall–Kier alpha value is -4.73. The van der Waals surface area contributed by atoms with E-state index in [2.05, 4.69) is 21.2 Å². The van der Waals surface area contributed by atoms with Crippen molar-refractivity contribution in [2.24, 2.45) is 5.10 Å². The van der Waals surface area contributed by atoms with E-state index < -0.39 is 17.8 Å². The fourth-order valence-corrected chi connectivity index (χ4v) is 2.67. The summed E-state index contributed by atoms with van der Waals surface area (Å²) in [6.07, 6.45) is 1.35. The molecule has 0 bridgehead atoms. The molecule has 3 N–H and O–H groups in total. The van der Waals surface area contributed by atoms with Gasteiger partial charge in [0.2, 0.25) is 11.7 Å². The van der Waals surface area contributed by atoms with Gasteiger partial charge in [0.25, 0.3) is 0 Å². The van der Waals surface area contributed by atoms with E-state index in [1.54, 1.807) is 49.4 Å². The zero-order valence-electron chi connectivity index (χ0n) is 17.7. The van der Waals surface area contributed by atoms with Crippen LogP contribution >= 0.6 is 0 Å². The summed E-state index contributed by atoms with van der Waals surface area (Å²) in [7, 11) is 0. The van der Waals surface area contributed by atoms with Gasteiger partial charge in [0.1, 0.15) is 5.75 Å². The molecule has 3 amide bonds. The van der Waals surface area contributed by atoms with Crippen LogP contribution < -0.4 is 20.8 Å². The van der Waals surface area contributed by atoms with Crippen molar-refractivity contribution >= 4 is 40.8 Å². The van der Waals surface area contributed by atoms with E-state index >= 15 is 0 Å². The van der Waals surface area contributed by atoms with Crippen LogP contribution in [-0.4, -0.2) is 29.4 Å². The van der Waals surface area contributed by atoms with Crippen LogP contribution in [0.1, 0.15) is 30.0 Å². The van der Waals surface area contributed by atoms with Crippen LogP contribution in [0.25, 0.3) is 0 Å². The van der Waals surface area contributed by atoms with Crippen LogP contribution in [0.15, 0.2) is 76.4 Å². The van der Waals surface area contributed by atoms with Gasteiger partial charge in [-0.1, -0.05) is 12.1 Å². The fraction of sp³-hybridized carbons (Fsp3) is 0.0870. The lowest BCUT2D eigenvalue weighted by Gasteiger charge is -2.09. The number of hydrogen-bond donors (Lipinski definition) is 3. The van der Waals surface area contributed by atoms with Crippen LogP contribution in [0.2, 0.25) is 0 Å². The molecule has 0 saturated heterocycles. The summed E-state index contributed by atoms with van der Waals surface area (Å²) in [5.41, 5.74) is 3.82. The molecule has 3 aromatic rings. The predicted octanol–water partition coefficient (Wildman–Crippen LogP) is 2.94. The molecule has 0 unspecified atom stereocenters. The lowest BCUT2D eigenvalue weighted by Crippen LogP contribution is -2.33. The average Bonchev–Trinajstić information content (AvgIpc) is 3.34. The van der Waals surface area contributed by atoms with E-state index in [0.717, 1.165) is 0 Å². The number of hydrogen-bond acceptors (Lipinski definition) is 7. The number of amides is 3. The van der Waals surface area contributed by atoms with Gasteiger partial charge in [-0.3, -0.25) is 14.4 Å². The Balaban J connectivity index is 1.62. The molecule has 0 aliphatic heterocycles. The molecule has 0 aliphatic carbocycles. The second-order valence-corrected chi connectivity index (χ2v) is 6.71. The molecule has 0 saturated carbocycles. The zero-order chi connectivity index (χ0) is 23.8. The van der Waals surface area contributed by atoms with Crippen LogP contribution in [0.4, 0.5) is 11.4 Å². The Kier molecular flexibility index (Phi) is 7.32. The van der Waals surface area contributed by atoms with Crippen molar-refractivity contribution in [1.29, 1.82) is 0 Å². The highest BCUT2D eigenvalue weighted by molar-refractivity contribution is 6.39. The first kappa shape index (κ1) is 22.9. The summed E-state index contributed by atoms with van der Waals surface area (Å²) in [4.78, 5) is 47.5. The third-order valence-electron chi connectivity index (χ3n) is 4.20. The standard InChI is InChI=1S/C23H20N4O6/c1-14(18-6-3-4-7-19(18)33-23(31)20-8-5-13-32-20)26-27-22(30)21(29)25-17-11-9-16(10-12-17)24-15(2)28/h3-13H,1-2H3,(H,24,28)(H,25,29)(H,27,30)/b26-14+. The van der Waals surface area contributed by atoms with Gasteiger partial charge in [0, 0.05) is 23.9 Å². The second kappa shape index (κ2) is 10.5. The molecule has 3 rings (SSSR count). The summed E-state index contributed by atoms with van der Waals surface area (Å²) in [5.74, 6) is -2.60. The molecule has 0 fully saturated rings. The number of hydrazone groups is 1. The quantitative estimate of drug-likeness (QED) is 0.174. The molecular formula is C23H20N4O6. The number of benzene rings is 2. The van der Waals surface area contributed by atoms with Crippen molar-refractivity contribution in [3.8, 4) is 5.75 Å². The number of carbonyl (C=O) groups excluding carboxylic acids is 4. The van der Waals surface area contributed by atoms with E-state index in [1.165, 1.54) is 31.4 Å². The summed E-state index contributed by atoms with van der Waals surface area (Å²) < 4.78 is 10.4. The minimum atomic E-state index is -0.995. The number of furan rings is 1. The lowest BCUT2D eigenvalue weighted by atomic mass is 10.1. The number of nitrogens with zero attached hydrogens (tertiary/aromatic N) is 1. The normalized spacial score (nSPS) is 10.8. The number of rotatable bonds is 6. The van der Waals surface area contributed by atoms with Gasteiger partial charge in [-0.2, -0.15) is 5.10 Å². The number of para-hydroxylation sites is 1. The van der Waals surface area contributed by atoms with E-state index in [-0.39, 0.29) is 17.4 Å². The zero-order valence-corrected chi connectivity index (χ0v) is 17.7. The molecule has 1 heterocycles. The molecule has 0 aliphatic rings. The Morgan fingerprint density at radius 3 is 2.12 bits per heavy atom. The molecule has 168 valence electrons. The highest BCUT2D eigenvalue weighted by Crippen LogP contribution is 2.20. The van der Waals surface area contributed by atoms with Crippen LogP contribution in [-0.2, 0) is 14.4 Å². The van der Waals surface area contributed by atoms with E-state index in [9.17, 15) is 19.2 Å². The number of anilines is 2. The Morgan fingerprint density at radius 1 is 0.818 bits per heavy atom. The molecule has 0 atom stereocenters. The molecule has 10 nitrogen and oxygen atoms in total. The van der Waals surface area contributed by atoms with Crippen molar-refractivity contribution in [3.05, 3.63) is 78.3 Å². The van der Waals surface area contributed by atoms with E-state index in [0.29, 0.717) is 22.6 Å². The number of ether oxygens (including phenoxy) is 1. The van der Waals surface area contributed by atoms with E-state index in [4.69, 9.17) is 9.15 Å². The Morgan fingerprint density at radius 2 is 1.48 bits per heavy atom. The Labute approximate surface area is 188 Å². The number of esters is 1. The van der Waals surface area contributed by atoms with Gasteiger partial charge < -0.3 is 19.8 Å². The molecule has 0 radical (unpaired) electrons. The van der Waals surface area contributed by atoms with Gasteiger partial charge in [-0.05, 0) is 55.5 Å². The average molecular weight is 448 g/mol. The first-order valence-electron chi connectivity index (χ1n) is 9.72. The van der Waals surface area contributed by atoms with Crippen molar-refractivity contribution in [3.63, 3.8) is 0 Å². The van der Waals surface area contributed by atoms with Crippen LogP contribution in [0.5, 0.6) is 5.75 Å². The molecule has 1 aromatic heterocycles. The van der Waals surface area contributed by atoms with Crippen LogP contribution in [0.3, 0.4) is 0 Å². The lowest BCUT2D eigenvalue weighted by molar-refractivity contribution is -0.136. The molecule has 33 heavy (non-hydrogen) atoms. The number of carbonyl (C=O) groups is 4. The summed E-state index contributed by atoms with van der Waals surface area (Å²) in [6, 6.07) is 15.9. The van der Waals surface area contributed by atoms with Crippen LogP contribution in [0, 0.1) is 0 Å². The summed E-state index contributed by atoms with van der Waals surface area (Å²) in [5, 5.41) is 8.95. The van der Waals surface area contributed by atoms with Gasteiger partial charge >= 0.3 is 17.8 Å². The predicted molar refractivity (Wildman–Crippen MR) is 120 cm³/mol. The maximum absolute atomic E-state index is 12.2. The topological polar surface area (TPSA) is 139 Å². The van der Waals surface area contributed by atoms with E-state index in [1.807, 2.05) is 0 Å². The molecular weight excluding hydrogens is 428 g/mol. The van der Waals surface area contributed by atoms with Crippen molar-refractivity contribution in [2.45, 2.75) is 13.8 Å². The number of nitrogens with one attached hydrogen (secondary N) is 3. The highest BCUT2D eigenvalue weighted by atomic mass is 16.5. The third kappa shape index (κ3) is 6.37. The highest BCUT2D eigenvalue weighted by Gasteiger charge is 2.17. The largest absolute Gasteiger partial charge is 0.457 e. The Bertz CT molecular complexity index is 1200. The van der Waals surface area contributed by atoms with Crippen molar-refractivity contribution in [2.75, 3.05) is 10.6 Å². The summed E-state index contributed by atoms with van der Waals surface area (Å²) in [6.45, 7) is 2.96. The smallest absolute Gasteiger partial charge is 0.379 e. The van der Waals surface area contributed by atoms with Crippen molar-refractivity contribution in [1.82, 2.24) is 5.43 Å². The van der Waals surface area contributed by atoms with Crippen molar-refractivity contribution < 1.29 is 28.3 Å². The minimum absolute atomic E-state index is 0.0366. The monoisotopic (exact) mass is 448 g/mol. The van der Waals surface area contributed by atoms with Gasteiger partial charge in [-0.25, -0.2) is 10.2 Å². The maximum atomic E-state index is 12.2. The molecule has 0 spiro atoms.